The molecular weight excluding hydrogens is 238 g/mol. The van der Waals surface area contributed by atoms with Gasteiger partial charge in [0, 0.05) is 16.2 Å². The molecule has 1 aromatic carbocycles. The van der Waals surface area contributed by atoms with Crippen LogP contribution in [0.15, 0.2) is 47.1 Å². The van der Waals surface area contributed by atoms with Gasteiger partial charge < -0.3 is 0 Å². The quantitative estimate of drug-likeness (QED) is 0.747. The number of aromatic nitrogens is 1. The van der Waals surface area contributed by atoms with Gasteiger partial charge in [-0.15, -0.1) is 0 Å². The fourth-order valence-electron chi connectivity index (χ4n) is 1.40. The van der Waals surface area contributed by atoms with Crippen molar-refractivity contribution in [3.8, 4) is 11.3 Å². The summed E-state index contributed by atoms with van der Waals surface area (Å²) < 4.78 is 1.09. The monoisotopic (exact) mass is 247 g/mol. The van der Waals surface area contributed by atoms with Crippen LogP contribution in [-0.4, -0.2) is 4.98 Å². The van der Waals surface area contributed by atoms with Crippen LogP contribution in [0.25, 0.3) is 11.3 Å². The first-order valence-corrected chi connectivity index (χ1v) is 5.24. The summed E-state index contributed by atoms with van der Waals surface area (Å²) in [6.45, 7) is 2.07. The first kappa shape index (κ1) is 9.41. The van der Waals surface area contributed by atoms with Crippen LogP contribution in [0.2, 0.25) is 0 Å². The van der Waals surface area contributed by atoms with Gasteiger partial charge in [0.1, 0.15) is 0 Å². The van der Waals surface area contributed by atoms with E-state index >= 15 is 0 Å². The van der Waals surface area contributed by atoms with Crippen molar-refractivity contribution in [2.75, 3.05) is 0 Å². The van der Waals surface area contributed by atoms with E-state index in [0.717, 1.165) is 15.7 Å². The van der Waals surface area contributed by atoms with Crippen molar-refractivity contribution in [1.29, 1.82) is 0 Å². The van der Waals surface area contributed by atoms with Crippen LogP contribution < -0.4 is 0 Å². The average molecular weight is 248 g/mol. The molecule has 0 aliphatic rings. The molecule has 2 rings (SSSR count). The van der Waals surface area contributed by atoms with Crippen molar-refractivity contribution in [3.63, 3.8) is 0 Å². The van der Waals surface area contributed by atoms with Crippen LogP contribution in [0.3, 0.4) is 0 Å². The zero-order chi connectivity index (χ0) is 9.97. The second-order valence-electron chi connectivity index (χ2n) is 3.18. The minimum atomic E-state index is 1.06. The lowest BCUT2D eigenvalue weighted by Crippen LogP contribution is -1.86. The van der Waals surface area contributed by atoms with Crippen molar-refractivity contribution in [2.24, 2.45) is 0 Å². The van der Waals surface area contributed by atoms with Gasteiger partial charge in [-0.25, -0.2) is 0 Å². The van der Waals surface area contributed by atoms with E-state index in [1.165, 1.54) is 5.56 Å². The Morgan fingerprint density at radius 1 is 1.07 bits per heavy atom. The number of benzene rings is 1. The van der Waals surface area contributed by atoms with Gasteiger partial charge in [0.2, 0.25) is 0 Å². The lowest BCUT2D eigenvalue weighted by atomic mass is 10.1. The molecule has 0 fully saturated rings. The van der Waals surface area contributed by atoms with Gasteiger partial charge in [0.15, 0.2) is 0 Å². The fourth-order valence-corrected chi connectivity index (χ4v) is 1.66. The topological polar surface area (TPSA) is 12.9 Å². The predicted octanol–water partition coefficient (Wildman–Crippen LogP) is 3.82. The van der Waals surface area contributed by atoms with E-state index in [1.807, 2.05) is 24.4 Å². The molecule has 0 aliphatic heterocycles. The summed E-state index contributed by atoms with van der Waals surface area (Å²) in [5.74, 6) is 0. The number of aryl methyl sites for hydroxylation is 1. The van der Waals surface area contributed by atoms with Crippen LogP contribution in [0.1, 0.15) is 5.56 Å². The first-order chi connectivity index (χ1) is 6.77. The Balaban J connectivity index is 2.50. The Labute approximate surface area is 91.9 Å². The van der Waals surface area contributed by atoms with E-state index in [9.17, 15) is 0 Å². The van der Waals surface area contributed by atoms with Crippen molar-refractivity contribution in [2.45, 2.75) is 6.92 Å². The molecular formula is C12H10BrN. The van der Waals surface area contributed by atoms with Crippen LogP contribution in [0, 0.1) is 6.92 Å². The molecule has 1 aromatic heterocycles. The molecule has 0 aliphatic carbocycles. The van der Waals surface area contributed by atoms with E-state index in [2.05, 4.69) is 46.0 Å². The SMILES string of the molecule is Cc1cccnc1-c1ccc(Br)cc1. The van der Waals surface area contributed by atoms with Crippen LogP contribution in [-0.2, 0) is 0 Å². The van der Waals surface area contributed by atoms with Crippen LogP contribution >= 0.6 is 15.9 Å². The third kappa shape index (κ3) is 1.85. The Morgan fingerprint density at radius 3 is 2.43 bits per heavy atom. The lowest BCUT2D eigenvalue weighted by Gasteiger charge is -2.03. The Kier molecular flexibility index (Phi) is 2.64. The Morgan fingerprint density at radius 2 is 1.79 bits per heavy atom. The maximum Gasteiger partial charge on any atom is 0.0731 e. The molecule has 1 nitrogen and oxygen atoms in total. The van der Waals surface area contributed by atoms with Crippen molar-refractivity contribution in [3.05, 3.63) is 52.6 Å². The summed E-state index contributed by atoms with van der Waals surface area (Å²) in [4.78, 5) is 4.36. The van der Waals surface area contributed by atoms with Crippen molar-refractivity contribution in [1.82, 2.24) is 4.98 Å². The molecule has 70 valence electrons. The molecule has 0 amide bonds. The first-order valence-electron chi connectivity index (χ1n) is 4.45. The molecule has 14 heavy (non-hydrogen) atoms. The van der Waals surface area contributed by atoms with Crippen molar-refractivity contribution < 1.29 is 0 Å². The van der Waals surface area contributed by atoms with E-state index in [4.69, 9.17) is 0 Å². The summed E-state index contributed by atoms with van der Waals surface area (Å²) in [5, 5.41) is 0. The highest BCUT2D eigenvalue weighted by atomic mass is 79.9. The summed E-state index contributed by atoms with van der Waals surface area (Å²) in [7, 11) is 0. The van der Waals surface area contributed by atoms with Gasteiger partial charge in [-0.2, -0.15) is 0 Å². The number of halogens is 1. The number of hydrogen-bond acceptors (Lipinski definition) is 1. The largest absolute Gasteiger partial charge is 0.256 e. The molecule has 0 radical (unpaired) electrons. The molecule has 1 heterocycles. The molecule has 0 unspecified atom stereocenters. The highest BCUT2D eigenvalue weighted by Gasteiger charge is 2.01. The zero-order valence-corrected chi connectivity index (χ0v) is 9.45. The summed E-state index contributed by atoms with van der Waals surface area (Å²) in [6, 6.07) is 12.2. The minimum absolute atomic E-state index is 1.06. The maximum atomic E-state index is 4.36. The number of pyridine rings is 1. The highest BCUT2D eigenvalue weighted by molar-refractivity contribution is 9.10. The third-order valence-corrected chi connectivity index (χ3v) is 2.66. The average Bonchev–Trinajstić information content (AvgIpc) is 2.20. The number of rotatable bonds is 1. The standard InChI is InChI=1S/C12H10BrN/c1-9-3-2-8-14-12(9)10-4-6-11(13)7-5-10/h2-8H,1H3. The van der Waals surface area contributed by atoms with E-state index in [0.29, 0.717) is 0 Å². The van der Waals surface area contributed by atoms with Gasteiger partial charge in [-0.05, 0) is 30.7 Å². The predicted molar refractivity (Wildman–Crippen MR) is 62.1 cm³/mol. The van der Waals surface area contributed by atoms with Crippen LogP contribution in [0.4, 0.5) is 0 Å². The molecule has 0 spiro atoms. The van der Waals surface area contributed by atoms with E-state index in [-0.39, 0.29) is 0 Å². The molecule has 0 bridgehead atoms. The van der Waals surface area contributed by atoms with Gasteiger partial charge in [-0.1, -0.05) is 34.1 Å². The van der Waals surface area contributed by atoms with Gasteiger partial charge in [0.05, 0.1) is 5.69 Å². The molecule has 0 atom stereocenters. The summed E-state index contributed by atoms with van der Waals surface area (Å²) >= 11 is 3.42. The lowest BCUT2D eigenvalue weighted by molar-refractivity contribution is 1.27. The summed E-state index contributed by atoms with van der Waals surface area (Å²) in [5.41, 5.74) is 3.42. The zero-order valence-electron chi connectivity index (χ0n) is 7.87. The van der Waals surface area contributed by atoms with Gasteiger partial charge >= 0.3 is 0 Å². The molecule has 0 saturated heterocycles. The normalized spacial score (nSPS) is 10.1. The minimum Gasteiger partial charge on any atom is -0.256 e. The smallest absolute Gasteiger partial charge is 0.0731 e. The second kappa shape index (κ2) is 3.93. The molecule has 2 aromatic rings. The third-order valence-electron chi connectivity index (χ3n) is 2.13. The van der Waals surface area contributed by atoms with E-state index < -0.39 is 0 Å². The molecule has 0 saturated carbocycles. The fraction of sp³-hybridized carbons (Fsp3) is 0.0833. The van der Waals surface area contributed by atoms with Crippen molar-refractivity contribution >= 4 is 15.9 Å². The maximum absolute atomic E-state index is 4.36. The molecule has 2 heteroatoms. The second-order valence-corrected chi connectivity index (χ2v) is 4.09. The Hall–Kier alpha value is -1.15. The van der Waals surface area contributed by atoms with Gasteiger partial charge in [-0.3, -0.25) is 4.98 Å². The highest BCUT2D eigenvalue weighted by Crippen LogP contribution is 2.22. The van der Waals surface area contributed by atoms with Crippen LogP contribution in [0.5, 0.6) is 0 Å². The Bertz CT molecular complexity index is 434. The number of nitrogens with zero attached hydrogens (tertiary/aromatic N) is 1. The molecule has 0 N–H and O–H groups in total. The number of hydrogen-bond donors (Lipinski definition) is 0. The van der Waals surface area contributed by atoms with Gasteiger partial charge in [0.25, 0.3) is 0 Å². The van der Waals surface area contributed by atoms with E-state index in [1.54, 1.807) is 0 Å². The summed E-state index contributed by atoms with van der Waals surface area (Å²) in [6.07, 6.45) is 1.82.